The summed E-state index contributed by atoms with van der Waals surface area (Å²) in [6, 6.07) is 47.9. The molecule has 0 aromatic heterocycles. The Bertz CT molecular complexity index is 2490. The molecule has 0 radical (unpaired) electrons. The Morgan fingerprint density at radius 2 is 1.20 bits per heavy atom. The Morgan fingerprint density at radius 3 is 1.86 bits per heavy atom. The Kier molecular flexibility index (Phi) is 12.0. The van der Waals surface area contributed by atoms with Gasteiger partial charge in [-0.25, -0.2) is 12.2 Å². The molecule has 246 valence electrons. The minimum absolute atomic E-state index is 0. The first kappa shape index (κ1) is 37.1. The molecule has 0 amide bonds. The molecule has 50 heavy (non-hydrogen) atoms. The molecule has 0 nitrogen and oxygen atoms in total. The number of halogens is 5. The van der Waals surface area contributed by atoms with Crippen molar-refractivity contribution in [3.05, 3.63) is 187 Å². The van der Waals surface area contributed by atoms with Gasteiger partial charge in [-0.2, -0.15) is 6.08 Å². The third kappa shape index (κ3) is 7.59. The second-order valence-electron chi connectivity index (χ2n) is 11.6. The fourth-order valence-electron chi connectivity index (χ4n) is 6.40. The molecule has 9 rings (SSSR count). The van der Waals surface area contributed by atoms with Crippen molar-refractivity contribution in [1.29, 1.82) is 0 Å². The van der Waals surface area contributed by atoms with Crippen molar-refractivity contribution in [2.75, 3.05) is 0 Å². The summed E-state index contributed by atoms with van der Waals surface area (Å²) >= 11 is 1.09. The zero-order valence-electron chi connectivity index (χ0n) is 26.7. The van der Waals surface area contributed by atoms with Gasteiger partial charge in [-0.1, -0.05) is 77.5 Å². The monoisotopic (exact) mass is 774 g/mol. The van der Waals surface area contributed by atoms with Crippen molar-refractivity contribution in [3.8, 4) is 0 Å². The molecule has 0 heterocycles. The molecule has 0 unspecified atom stereocenters. The summed E-state index contributed by atoms with van der Waals surface area (Å²) in [7, 11) is 0. The minimum Gasteiger partial charge on any atom is -1.00 e. The number of alkyl halides is 3. The van der Waals surface area contributed by atoms with E-state index in [1.54, 1.807) is 6.07 Å². The second kappa shape index (κ2) is 16.2. The molecule has 8 aromatic rings. The fraction of sp³-hybridized carbons (Fsp3) is 0.0455. The van der Waals surface area contributed by atoms with Crippen LogP contribution >= 0.6 is 0 Å². The largest absolute Gasteiger partial charge is 1.00 e. The molecule has 0 bridgehead atoms. The SMILES string of the molecule is FC(F)(F)c1cccc([C](=[Zr+2])c2cccc3ccccc23)c1.[C-]1=CC=CC1.[Cl-].[Cl-].c1ccc2c(c1)[cH-]c1c3ccccc3c3ccccc3c21. The molecule has 0 saturated carbocycles. The van der Waals surface area contributed by atoms with Crippen LogP contribution in [0.1, 0.15) is 23.1 Å². The van der Waals surface area contributed by atoms with Crippen LogP contribution < -0.4 is 24.8 Å². The van der Waals surface area contributed by atoms with Crippen LogP contribution in [0, 0.1) is 6.08 Å². The average molecular weight is 777 g/mol. The van der Waals surface area contributed by atoms with Gasteiger partial charge in [0.05, 0.1) is 0 Å². The maximum Gasteiger partial charge on any atom is -0.0255 e. The van der Waals surface area contributed by atoms with Crippen LogP contribution in [0.25, 0.3) is 53.9 Å². The molecule has 8 aromatic carbocycles. The summed E-state index contributed by atoms with van der Waals surface area (Å²) in [5, 5.41) is 13.0. The standard InChI is InChI=1S/C21H13.C18H11F3.C5H5.2ClH.Zr/c1-2-8-15-14(7-1)13-20-18-11-4-3-9-16(18)17-10-5-6-12-19(17)21(15)20;19-18(20,21)16-9-3-5-13(12-16)11-15-8-4-7-14-6-1-2-10-17(14)15;1-2-4-5-3-1;;;/h1-13H;1-10,12H;1-3H,4H2;2*1H;/q-1;;-1;;;+2/p-2. The number of hydrogen-bond donors (Lipinski definition) is 0. The van der Waals surface area contributed by atoms with Crippen LogP contribution in [-0.4, -0.2) is 3.21 Å². The van der Waals surface area contributed by atoms with Crippen molar-refractivity contribution in [2.45, 2.75) is 12.6 Å². The molecule has 1 aliphatic carbocycles. The minimum atomic E-state index is -4.31. The molecule has 0 N–H and O–H groups in total. The second-order valence-corrected chi connectivity index (χ2v) is 12.8. The van der Waals surface area contributed by atoms with E-state index in [0.29, 0.717) is 5.56 Å². The van der Waals surface area contributed by atoms with Gasteiger partial charge in [0.25, 0.3) is 0 Å². The summed E-state index contributed by atoms with van der Waals surface area (Å²) < 4.78 is 39.6. The zero-order valence-corrected chi connectivity index (χ0v) is 30.7. The van der Waals surface area contributed by atoms with Gasteiger partial charge in [-0.3, -0.25) is 6.08 Å². The number of fused-ring (bicyclic) bond motifs is 9. The van der Waals surface area contributed by atoms with E-state index in [4.69, 9.17) is 0 Å². The molecular weight excluding hydrogens is 748 g/mol. The molecule has 1 aliphatic rings. The topological polar surface area (TPSA) is 0 Å². The van der Waals surface area contributed by atoms with Crippen LogP contribution in [0.2, 0.25) is 0 Å². The van der Waals surface area contributed by atoms with Crippen molar-refractivity contribution in [3.63, 3.8) is 0 Å². The number of rotatable bonds is 2. The summed E-state index contributed by atoms with van der Waals surface area (Å²) in [4.78, 5) is 0. The summed E-state index contributed by atoms with van der Waals surface area (Å²) in [6.45, 7) is 0. The van der Waals surface area contributed by atoms with Gasteiger partial charge >= 0.3 is 141 Å². The third-order valence-electron chi connectivity index (χ3n) is 8.63. The van der Waals surface area contributed by atoms with E-state index < -0.39 is 11.7 Å². The van der Waals surface area contributed by atoms with E-state index in [1.165, 1.54) is 55.2 Å². The molecule has 0 spiro atoms. The van der Waals surface area contributed by atoms with Crippen molar-refractivity contribution < 1.29 is 62.2 Å². The van der Waals surface area contributed by atoms with Crippen LogP contribution in [0.4, 0.5) is 13.2 Å². The molecule has 0 atom stereocenters. The van der Waals surface area contributed by atoms with E-state index in [0.717, 1.165) is 56.3 Å². The van der Waals surface area contributed by atoms with Gasteiger partial charge in [0.15, 0.2) is 0 Å². The number of hydrogen-bond acceptors (Lipinski definition) is 0. The maximum atomic E-state index is 12.9. The van der Waals surface area contributed by atoms with Crippen LogP contribution in [0.15, 0.2) is 164 Å². The van der Waals surface area contributed by atoms with Crippen LogP contribution in [0.5, 0.6) is 0 Å². The van der Waals surface area contributed by atoms with Gasteiger partial charge in [-0.15, -0.1) is 40.1 Å². The van der Waals surface area contributed by atoms with E-state index >= 15 is 0 Å². The Labute approximate surface area is 316 Å². The maximum absolute atomic E-state index is 12.9. The Balaban J connectivity index is 0.000000165. The first-order chi connectivity index (χ1) is 23.4. The van der Waals surface area contributed by atoms with Crippen LogP contribution in [0.3, 0.4) is 0 Å². The Hall–Kier alpha value is -4.21. The van der Waals surface area contributed by atoms with E-state index in [2.05, 4.69) is 91.0 Å². The first-order valence-corrected chi connectivity index (χ1v) is 17.0. The summed E-state index contributed by atoms with van der Waals surface area (Å²) in [5.41, 5.74) is 1.02. The van der Waals surface area contributed by atoms with E-state index in [-0.39, 0.29) is 24.8 Å². The Morgan fingerprint density at radius 1 is 0.620 bits per heavy atom. The molecular formula is C44H29Cl2F3Zr-2. The normalized spacial score (nSPS) is 11.9. The molecule has 0 aliphatic heterocycles. The van der Waals surface area contributed by atoms with E-state index in [9.17, 15) is 13.2 Å². The van der Waals surface area contributed by atoms with Gasteiger partial charge in [0.2, 0.25) is 0 Å². The molecule has 0 fully saturated rings. The predicted octanol–water partition coefficient (Wildman–Crippen LogP) is 6.31. The van der Waals surface area contributed by atoms with Gasteiger partial charge in [0, 0.05) is 0 Å². The number of allylic oxidation sites excluding steroid dienone is 4. The van der Waals surface area contributed by atoms with Crippen molar-refractivity contribution >= 4 is 57.1 Å². The smallest absolute Gasteiger partial charge is 0.0255 e. The average Bonchev–Trinajstić information content (AvgIpc) is 3.84. The van der Waals surface area contributed by atoms with Crippen molar-refractivity contribution in [2.24, 2.45) is 0 Å². The van der Waals surface area contributed by atoms with Gasteiger partial charge in [-0.05, 0) is 10.8 Å². The summed E-state index contributed by atoms with van der Waals surface area (Å²) in [6.07, 6.45) is 5.69. The van der Waals surface area contributed by atoms with Gasteiger partial charge in [0.1, 0.15) is 0 Å². The quantitative estimate of drug-likeness (QED) is 0.143. The molecule has 6 heteroatoms. The van der Waals surface area contributed by atoms with E-state index in [1.807, 2.05) is 54.6 Å². The fourth-order valence-corrected chi connectivity index (χ4v) is 7.32. The summed E-state index contributed by atoms with van der Waals surface area (Å²) in [5.74, 6) is 0. The van der Waals surface area contributed by atoms with Crippen LogP contribution in [-0.2, 0) is 30.4 Å². The van der Waals surface area contributed by atoms with Crippen molar-refractivity contribution in [1.82, 2.24) is 0 Å². The van der Waals surface area contributed by atoms with Gasteiger partial charge < -0.3 is 24.8 Å². The first-order valence-electron chi connectivity index (χ1n) is 15.7. The number of benzene rings is 7. The predicted molar refractivity (Wildman–Crippen MR) is 192 cm³/mol. The molecule has 0 saturated heterocycles. The zero-order chi connectivity index (χ0) is 33.1. The third-order valence-corrected chi connectivity index (χ3v) is 10.00.